The Kier molecular flexibility index (Phi) is 8.63. The molecule has 0 unspecified atom stereocenters. The van der Waals surface area contributed by atoms with Crippen LogP contribution in [0.2, 0.25) is 0 Å². The van der Waals surface area contributed by atoms with Crippen LogP contribution in [0, 0.1) is 5.82 Å². The third-order valence-corrected chi connectivity index (χ3v) is 8.83. The molecule has 41 heavy (non-hydrogen) atoms. The maximum absolute atomic E-state index is 14.6. The van der Waals surface area contributed by atoms with Crippen LogP contribution in [-0.4, -0.2) is 41.7 Å². The molecule has 3 aromatic carbocycles. The van der Waals surface area contributed by atoms with Crippen LogP contribution in [0.15, 0.2) is 65.6 Å². The Hall–Kier alpha value is -4.05. The van der Waals surface area contributed by atoms with Gasteiger partial charge in [-0.05, 0) is 47.7 Å². The van der Waals surface area contributed by atoms with Crippen molar-refractivity contribution in [3.8, 4) is 17.2 Å². The van der Waals surface area contributed by atoms with Gasteiger partial charge >= 0.3 is 0 Å². The second-order valence-electron chi connectivity index (χ2n) is 10.7. The smallest absolute Gasteiger partial charge is 0.270 e. The highest BCUT2D eigenvalue weighted by Gasteiger charge is 2.40. The Morgan fingerprint density at radius 2 is 1.61 bits per heavy atom. The molecule has 0 fully saturated rings. The van der Waals surface area contributed by atoms with Crippen LogP contribution in [0.5, 0.6) is 17.2 Å². The molecule has 218 valence electrons. The summed E-state index contributed by atoms with van der Waals surface area (Å²) in [6.45, 7) is 7.80. The van der Waals surface area contributed by atoms with Gasteiger partial charge < -0.3 is 19.5 Å². The number of anilines is 1. The van der Waals surface area contributed by atoms with Crippen molar-refractivity contribution in [1.82, 2.24) is 5.32 Å². The van der Waals surface area contributed by atoms with Gasteiger partial charge in [0.1, 0.15) is 18.2 Å². The zero-order valence-corrected chi connectivity index (χ0v) is 24.9. The van der Waals surface area contributed by atoms with E-state index in [1.165, 1.54) is 38.5 Å². The molecule has 0 radical (unpaired) electrons. The number of carbonyl (C=O) groups excluding carboxylic acids is 1. The van der Waals surface area contributed by atoms with Crippen LogP contribution >= 0.6 is 0 Å². The standard InChI is InChI=1S/C31H35FN2O6S/c1-20-24-17-27(38-5)28(39-6)18-26(24)34(19-21-9-7-8-10-25(21)32)41(36,37)29(20)30(35)33-15-16-40-23-13-11-22(12-14-23)31(2,3)4/h7-14,17-18H,15-16,19H2,1-6H3,(H,33,35). The van der Waals surface area contributed by atoms with Gasteiger partial charge in [-0.2, -0.15) is 0 Å². The van der Waals surface area contributed by atoms with Crippen LogP contribution in [0.3, 0.4) is 0 Å². The highest BCUT2D eigenvalue weighted by Crippen LogP contribution is 2.45. The molecule has 1 aliphatic heterocycles. The lowest BCUT2D eigenvalue weighted by molar-refractivity contribution is -0.116. The van der Waals surface area contributed by atoms with Crippen LogP contribution in [-0.2, 0) is 26.8 Å². The van der Waals surface area contributed by atoms with Gasteiger partial charge in [-0.25, -0.2) is 12.8 Å². The number of hydrogen-bond acceptors (Lipinski definition) is 6. The minimum absolute atomic E-state index is 0.0114. The molecule has 8 nitrogen and oxygen atoms in total. The number of allylic oxidation sites excluding steroid dienone is 1. The predicted molar refractivity (Wildman–Crippen MR) is 157 cm³/mol. The monoisotopic (exact) mass is 582 g/mol. The van der Waals surface area contributed by atoms with Crippen molar-refractivity contribution in [2.75, 3.05) is 31.7 Å². The Balaban J connectivity index is 1.62. The summed E-state index contributed by atoms with van der Waals surface area (Å²) in [6, 6.07) is 16.7. The molecule has 0 saturated heterocycles. The number of rotatable bonds is 9. The predicted octanol–water partition coefficient (Wildman–Crippen LogP) is 5.42. The van der Waals surface area contributed by atoms with Crippen molar-refractivity contribution in [2.24, 2.45) is 0 Å². The Morgan fingerprint density at radius 3 is 2.22 bits per heavy atom. The highest BCUT2D eigenvalue weighted by molar-refractivity contribution is 7.97. The van der Waals surface area contributed by atoms with Gasteiger partial charge in [0.05, 0.1) is 33.0 Å². The van der Waals surface area contributed by atoms with E-state index in [1.807, 2.05) is 24.3 Å². The van der Waals surface area contributed by atoms with Gasteiger partial charge in [0.25, 0.3) is 15.9 Å². The van der Waals surface area contributed by atoms with Crippen molar-refractivity contribution in [2.45, 2.75) is 39.7 Å². The maximum Gasteiger partial charge on any atom is 0.270 e. The molecule has 1 N–H and O–H groups in total. The van der Waals surface area contributed by atoms with Crippen LogP contribution in [0.25, 0.3) is 5.57 Å². The van der Waals surface area contributed by atoms with E-state index in [2.05, 4.69) is 26.1 Å². The first-order valence-electron chi connectivity index (χ1n) is 13.1. The van der Waals surface area contributed by atoms with E-state index in [0.29, 0.717) is 22.8 Å². The van der Waals surface area contributed by atoms with Crippen LogP contribution < -0.4 is 23.8 Å². The van der Waals surface area contributed by atoms with Crippen molar-refractivity contribution in [3.63, 3.8) is 0 Å². The number of hydrogen-bond donors (Lipinski definition) is 1. The molecule has 10 heteroatoms. The van der Waals surface area contributed by atoms with E-state index in [-0.39, 0.29) is 41.9 Å². The number of ether oxygens (including phenoxy) is 3. The summed E-state index contributed by atoms with van der Waals surface area (Å²) in [7, 11) is -1.50. The van der Waals surface area contributed by atoms with Crippen molar-refractivity contribution >= 4 is 27.2 Å². The van der Waals surface area contributed by atoms with Gasteiger partial charge in [0, 0.05) is 17.2 Å². The molecule has 1 heterocycles. The largest absolute Gasteiger partial charge is 0.493 e. The second kappa shape index (κ2) is 11.8. The third-order valence-electron chi connectivity index (χ3n) is 6.92. The van der Waals surface area contributed by atoms with Gasteiger partial charge in [-0.3, -0.25) is 9.10 Å². The number of nitrogens with zero attached hydrogens (tertiary/aromatic N) is 1. The number of benzene rings is 3. The minimum atomic E-state index is -4.40. The fraction of sp³-hybridized carbons (Fsp3) is 0.323. The van der Waals surface area contributed by atoms with Crippen molar-refractivity contribution in [1.29, 1.82) is 0 Å². The van der Waals surface area contributed by atoms with E-state index in [0.717, 1.165) is 9.87 Å². The summed E-state index contributed by atoms with van der Waals surface area (Å²) in [5, 5.41) is 2.66. The molecule has 0 saturated carbocycles. The molecular weight excluding hydrogens is 547 g/mol. The zero-order valence-electron chi connectivity index (χ0n) is 24.1. The number of sulfonamides is 1. The van der Waals surface area contributed by atoms with Gasteiger partial charge in [-0.15, -0.1) is 0 Å². The average Bonchev–Trinajstić information content (AvgIpc) is 2.93. The van der Waals surface area contributed by atoms with E-state index in [9.17, 15) is 17.6 Å². The Bertz CT molecular complexity index is 1580. The van der Waals surface area contributed by atoms with E-state index in [1.54, 1.807) is 19.1 Å². The first-order chi connectivity index (χ1) is 19.4. The number of halogens is 1. The normalized spacial score (nSPS) is 14.4. The third kappa shape index (κ3) is 6.17. The molecule has 4 rings (SSSR count). The quantitative estimate of drug-likeness (QED) is 0.339. The van der Waals surface area contributed by atoms with Crippen LogP contribution in [0.4, 0.5) is 10.1 Å². The van der Waals surface area contributed by atoms with Crippen molar-refractivity contribution in [3.05, 3.63) is 88.1 Å². The molecule has 1 amide bonds. The summed E-state index contributed by atoms with van der Waals surface area (Å²) in [6.07, 6.45) is 0. The fourth-order valence-corrected chi connectivity index (χ4v) is 6.38. The Morgan fingerprint density at radius 1 is 0.976 bits per heavy atom. The lowest BCUT2D eigenvalue weighted by atomic mass is 9.87. The van der Waals surface area contributed by atoms with Gasteiger partial charge in [0.15, 0.2) is 16.4 Å². The molecule has 0 bridgehead atoms. The summed E-state index contributed by atoms with van der Waals surface area (Å²) in [5.74, 6) is -0.0449. The second-order valence-corrected chi connectivity index (χ2v) is 12.5. The molecule has 0 aromatic heterocycles. The Labute approximate surface area is 240 Å². The number of carbonyl (C=O) groups is 1. The lowest BCUT2D eigenvalue weighted by Gasteiger charge is -2.33. The summed E-state index contributed by atoms with van der Waals surface area (Å²) < 4.78 is 60.1. The molecule has 1 aliphatic rings. The van der Waals surface area contributed by atoms with E-state index in [4.69, 9.17) is 14.2 Å². The first kappa shape index (κ1) is 29.9. The number of methoxy groups -OCH3 is 2. The summed E-state index contributed by atoms with van der Waals surface area (Å²) in [4.78, 5) is 13.0. The first-order valence-corrected chi connectivity index (χ1v) is 14.6. The SMILES string of the molecule is COc1cc2c(cc1OC)N(Cc1ccccc1F)S(=O)(=O)C(C(=O)NCCOc1ccc(C(C)(C)C)cc1)=C2C. The lowest BCUT2D eigenvalue weighted by Crippen LogP contribution is -2.41. The fourth-order valence-electron chi connectivity index (χ4n) is 4.63. The number of amides is 1. The molecule has 0 atom stereocenters. The molecule has 0 aliphatic carbocycles. The number of fused-ring (bicyclic) bond motifs is 1. The molecule has 3 aromatic rings. The van der Waals surface area contributed by atoms with Crippen LogP contribution in [0.1, 0.15) is 44.4 Å². The molecule has 0 spiro atoms. The number of nitrogens with one attached hydrogen (secondary N) is 1. The summed E-state index contributed by atoms with van der Waals surface area (Å²) >= 11 is 0. The van der Waals surface area contributed by atoms with Gasteiger partial charge in [-0.1, -0.05) is 51.1 Å². The van der Waals surface area contributed by atoms with Gasteiger partial charge in [0.2, 0.25) is 0 Å². The summed E-state index contributed by atoms with van der Waals surface area (Å²) in [5.41, 5.74) is 2.27. The van der Waals surface area contributed by atoms with Crippen molar-refractivity contribution < 1.29 is 31.8 Å². The highest BCUT2D eigenvalue weighted by atomic mass is 32.2. The topological polar surface area (TPSA) is 94.2 Å². The van der Waals surface area contributed by atoms with E-state index >= 15 is 0 Å². The van der Waals surface area contributed by atoms with E-state index < -0.39 is 26.7 Å². The molecular formula is C31H35FN2O6S. The maximum atomic E-state index is 14.6. The minimum Gasteiger partial charge on any atom is -0.493 e. The zero-order chi connectivity index (χ0) is 29.9. The average molecular weight is 583 g/mol.